The van der Waals surface area contributed by atoms with Gasteiger partial charge in [0.25, 0.3) is 0 Å². The third kappa shape index (κ3) is 1.81. The highest BCUT2D eigenvalue weighted by molar-refractivity contribution is 5.51. The average Bonchev–Trinajstić information content (AvgIpc) is 2.20. The highest BCUT2D eigenvalue weighted by Crippen LogP contribution is 2.16. The zero-order valence-electron chi connectivity index (χ0n) is 7.77. The maximum absolute atomic E-state index is 2.23. The summed E-state index contributed by atoms with van der Waals surface area (Å²) in [4.78, 5) is 2.23. The minimum atomic E-state index is 0.979. The van der Waals surface area contributed by atoms with Crippen LogP contribution in [0.15, 0.2) is 54.3 Å². The maximum Gasteiger partial charge on any atom is 0.0411 e. The molecule has 0 fully saturated rings. The highest BCUT2D eigenvalue weighted by Gasteiger charge is 2.02. The van der Waals surface area contributed by atoms with Gasteiger partial charge in [0.05, 0.1) is 0 Å². The van der Waals surface area contributed by atoms with Crippen LogP contribution >= 0.6 is 0 Å². The van der Waals surface area contributed by atoms with E-state index in [4.69, 9.17) is 0 Å². The maximum atomic E-state index is 2.23. The van der Waals surface area contributed by atoms with Crippen molar-refractivity contribution >= 4 is 5.69 Å². The van der Waals surface area contributed by atoms with Crippen LogP contribution < -0.4 is 4.90 Å². The largest absolute Gasteiger partial charge is 0.344 e. The van der Waals surface area contributed by atoms with Crippen LogP contribution in [0.1, 0.15) is 6.92 Å². The molecule has 0 spiro atoms. The Morgan fingerprint density at radius 3 is 2.54 bits per heavy atom. The molecule has 0 atom stereocenters. The minimum absolute atomic E-state index is 0.979. The predicted octanol–water partition coefficient (Wildman–Crippen LogP) is 2.97. The smallest absolute Gasteiger partial charge is 0.0411 e. The van der Waals surface area contributed by atoms with Crippen LogP contribution in [0.25, 0.3) is 0 Å². The van der Waals surface area contributed by atoms with Crippen LogP contribution in [0.2, 0.25) is 0 Å². The molecule has 1 aliphatic heterocycles. The minimum Gasteiger partial charge on any atom is -0.344 e. The van der Waals surface area contributed by atoms with E-state index in [-0.39, 0.29) is 0 Å². The van der Waals surface area contributed by atoms with E-state index >= 15 is 0 Å². The first-order valence-corrected chi connectivity index (χ1v) is 4.53. The monoisotopic (exact) mass is 171 g/mol. The molecule has 1 nitrogen and oxygen atoms in total. The molecule has 0 aromatic heterocycles. The zero-order valence-corrected chi connectivity index (χ0v) is 7.77. The molecule has 0 aliphatic carbocycles. The van der Waals surface area contributed by atoms with Gasteiger partial charge in [-0.2, -0.15) is 0 Å². The van der Waals surface area contributed by atoms with Crippen molar-refractivity contribution in [3.05, 3.63) is 54.3 Å². The fourth-order valence-electron chi connectivity index (χ4n) is 1.39. The fourth-order valence-corrected chi connectivity index (χ4v) is 1.39. The van der Waals surface area contributed by atoms with Crippen LogP contribution in [0.5, 0.6) is 0 Å². The lowest BCUT2D eigenvalue weighted by Crippen LogP contribution is -2.18. The number of benzene rings is 1. The van der Waals surface area contributed by atoms with E-state index in [0.29, 0.717) is 0 Å². The molecule has 0 radical (unpaired) electrons. The van der Waals surface area contributed by atoms with Gasteiger partial charge in [0.15, 0.2) is 0 Å². The number of hydrogen-bond acceptors (Lipinski definition) is 1. The number of nitrogens with zero attached hydrogens (tertiary/aromatic N) is 1. The molecular formula is C12H13N. The van der Waals surface area contributed by atoms with Crippen molar-refractivity contribution in [3.8, 4) is 0 Å². The third-order valence-electron chi connectivity index (χ3n) is 2.22. The number of para-hydroxylation sites is 1. The first kappa shape index (κ1) is 8.11. The molecule has 0 amide bonds. The lowest BCUT2D eigenvalue weighted by molar-refractivity contribution is 1.06. The second kappa shape index (κ2) is 3.48. The first-order valence-electron chi connectivity index (χ1n) is 4.53. The van der Waals surface area contributed by atoms with E-state index in [1.165, 1.54) is 11.3 Å². The van der Waals surface area contributed by atoms with E-state index < -0.39 is 0 Å². The Kier molecular flexibility index (Phi) is 2.17. The van der Waals surface area contributed by atoms with Gasteiger partial charge in [0.2, 0.25) is 0 Å². The van der Waals surface area contributed by atoms with Gasteiger partial charge in [-0.25, -0.2) is 0 Å². The molecule has 0 saturated heterocycles. The van der Waals surface area contributed by atoms with Crippen molar-refractivity contribution in [1.29, 1.82) is 0 Å². The predicted molar refractivity (Wildman–Crippen MR) is 56.7 cm³/mol. The van der Waals surface area contributed by atoms with Gasteiger partial charge in [-0.1, -0.05) is 29.8 Å². The molecule has 1 aromatic rings. The normalized spacial score (nSPS) is 15.8. The number of anilines is 1. The van der Waals surface area contributed by atoms with Gasteiger partial charge in [0.1, 0.15) is 0 Å². The zero-order chi connectivity index (χ0) is 9.10. The summed E-state index contributed by atoms with van der Waals surface area (Å²) in [7, 11) is 0. The summed E-state index contributed by atoms with van der Waals surface area (Å²) in [5.41, 5.74) is 2.59. The molecule has 1 heterocycles. The van der Waals surface area contributed by atoms with Crippen molar-refractivity contribution in [2.75, 3.05) is 11.4 Å². The standard InChI is InChI=1S/C12H13N/c1-11-7-9-13(10-8-11)12-5-3-2-4-6-12/h2-9H,10H2,1H3. The highest BCUT2D eigenvalue weighted by atomic mass is 15.1. The molecule has 0 bridgehead atoms. The molecule has 0 saturated carbocycles. The van der Waals surface area contributed by atoms with Gasteiger partial charge in [-0.15, -0.1) is 0 Å². The number of hydrogen-bond donors (Lipinski definition) is 0. The molecule has 0 unspecified atom stereocenters. The second-order valence-electron chi connectivity index (χ2n) is 3.25. The summed E-state index contributed by atoms with van der Waals surface area (Å²) in [6.45, 7) is 3.10. The summed E-state index contributed by atoms with van der Waals surface area (Å²) in [5.74, 6) is 0. The Morgan fingerprint density at radius 1 is 1.15 bits per heavy atom. The molecule has 1 aromatic carbocycles. The van der Waals surface area contributed by atoms with E-state index in [0.717, 1.165) is 6.54 Å². The Hall–Kier alpha value is -1.50. The molecule has 1 heteroatoms. The van der Waals surface area contributed by atoms with Crippen LogP contribution in [0.3, 0.4) is 0 Å². The molecule has 2 rings (SSSR count). The summed E-state index contributed by atoms with van der Waals surface area (Å²) in [5, 5.41) is 0. The Labute approximate surface area is 79.0 Å². The van der Waals surface area contributed by atoms with E-state index in [9.17, 15) is 0 Å². The lowest BCUT2D eigenvalue weighted by atomic mass is 10.2. The average molecular weight is 171 g/mol. The topological polar surface area (TPSA) is 3.24 Å². The van der Waals surface area contributed by atoms with Gasteiger partial charge in [0, 0.05) is 18.4 Å². The van der Waals surface area contributed by atoms with Gasteiger partial charge in [-0.3, -0.25) is 0 Å². The van der Waals surface area contributed by atoms with Crippen LogP contribution in [-0.4, -0.2) is 6.54 Å². The van der Waals surface area contributed by atoms with Crippen LogP contribution in [0, 0.1) is 0 Å². The summed E-state index contributed by atoms with van der Waals surface area (Å²) in [6.07, 6.45) is 6.49. The Morgan fingerprint density at radius 2 is 1.92 bits per heavy atom. The molecular weight excluding hydrogens is 158 g/mol. The van der Waals surface area contributed by atoms with Crippen molar-refractivity contribution in [2.45, 2.75) is 6.92 Å². The summed E-state index contributed by atoms with van der Waals surface area (Å²) in [6, 6.07) is 10.4. The number of rotatable bonds is 1. The third-order valence-corrected chi connectivity index (χ3v) is 2.22. The first-order chi connectivity index (χ1) is 6.36. The van der Waals surface area contributed by atoms with Crippen molar-refractivity contribution in [3.63, 3.8) is 0 Å². The molecule has 13 heavy (non-hydrogen) atoms. The van der Waals surface area contributed by atoms with Gasteiger partial charge >= 0.3 is 0 Å². The van der Waals surface area contributed by atoms with Crippen LogP contribution in [-0.2, 0) is 0 Å². The summed E-state index contributed by atoms with van der Waals surface area (Å²) >= 11 is 0. The second-order valence-corrected chi connectivity index (χ2v) is 3.25. The van der Waals surface area contributed by atoms with Crippen molar-refractivity contribution in [2.24, 2.45) is 0 Å². The van der Waals surface area contributed by atoms with Gasteiger partial charge in [-0.05, 0) is 25.1 Å². The van der Waals surface area contributed by atoms with Crippen LogP contribution in [0.4, 0.5) is 5.69 Å². The SMILES string of the molecule is CC1=CCN(c2ccccc2)C=C1. The van der Waals surface area contributed by atoms with E-state index in [2.05, 4.69) is 54.4 Å². The molecule has 66 valence electrons. The molecule has 1 aliphatic rings. The Balaban J connectivity index is 2.18. The van der Waals surface area contributed by atoms with Gasteiger partial charge < -0.3 is 4.90 Å². The van der Waals surface area contributed by atoms with Crippen molar-refractivity contribution < 1.29 is 0 Å². The van der Waals surface area contributed by atoms with E-state index in [1.807, 2.05) is 6.07 Å². The number of allylic oxidation sites excluding steroid dienone is 2. The summed E-state index contributed by atoms with van der Waals surface area (Å²) < 4.78 is 0. The quantitative estimate of drug-likeness (QED) is 0.628. The fraction of sp³-hybridized carbons (Fsp3) is 0.167. The molecule has 0 N–H and O–H groups in total. The van der Waals surface area contributed by atoms with E-state index in [1.54, 1.807) is 0 Å². The lowest BCUT2D eigenvalue weighted by Gasteiger charge is -2.21. The van der Waals surface area contributed by atoms with Crippen molar-refractivity contribution in [1.82, 2.24) is 0 Å². The Bertz CT molecular complexity index is 335.